The first-order valence-corrected chi connectivity index (χ1v) is 11.1. The fourth-order valence-electron chi connectivity index (χ4n) is 3.63. The lowest BCUT2D eigenvalue weighted by atomic mass is 9.89. The van der Waals surface area contributed by atoms with Gasteiger partial charge in [0.1, 0.15) is 11.4 Å². The number of carbonyl (C=O) groups is 2. The number of aryl methyl sites for hydroxylation is 1. The van der Waals surface area contributed by atoms with E-state index in [2.05, 4.69) is 13.5 Å². The van der Waals surface area contributed by atoms with Crippen molar-refractivity contribution in [3.05, 3.63) is 33.4 Å². The number of ether oxygens (including phenoxy) is 1. The molecule has 0 saturated carbocycles. The average molecular weight is 420 g/mol. The van der Waals surface area contributed by atoms with Crippen molar-refractivity contribution in [2.24, 2.45) is 5.92 Å². The summed E-state index contributed by atoms with van der Waals surface area (Å²) in [5.41, 5.74) is 1.06. The molecule has 1 atom stereocenters. The lowest BCUT2D eigenvalue weighted by molar-refractivity contribution is -0.125. The maximum atomic E-state index is 13.2. The largest absolute Gasteiger partial charge is 0.447 e. The molecule has 1 saturated heterocycles. The number of allylic oxidation sites excluding steroid dienone is 1. The molecule has 28 heavy (non-hydrogen) atoms. The summed E-state index contributed by atoms with van der Waals surface area (Å²) in [6.45, 7) is 6.78. The summed E-state index contributed by atoms with van der Waals surface area (Å²) in [5.74, 6) is 0.292. The number of rotatable bonds is 5. The van der Waals surface area contributed by atoms with Crippen molar-refractivity contribution in [3.8, 4) is 0 Å². The highest BCUT2D eigenvalue weighted by Gasteiger charge is 2.29. The molecule has 3 heterocycles. The third-order valence-electron chi connectivity index (χ3n) is 5.08. The van der Waals surface area contributed by atoms with Crippen LogP contribution in [0.25, 0.3) is 10.2 Å². The molecule has 1 fully saturated rings. The van der Waals surface area contributed by atoms with E-state index in [1.54, 1.807) is 22.0 Å². The Balaban J connectivity index is 1.68. The van der Waals surface area contributed by atoms with Gasteiger partial charge in [-0.25, -0.2) is 14.7 Å². The Kier molecular flexibility index (Phi) is 5.29. The van der Waals surface area contributed by atoms with Gasteiger partial charge in [0.2, 0.25) is 5.91 Å². The number of nitrogens with zero attached hydrogens (tertiary/aromatic N) is 3. The van der Waals surface area contributed by atoms with Crippen LogP contribution >= 0.6 is 23.1 Å². The molecular formula is C19H21N3O4S2. The lowest BCUT2D eigenvalue weighted by Gasteiger charge is -2.17. The standard InChI is InChI=1S/C19H21N3O4S2/c1-3-6-22-17(24)15-12-5-4-11(2)9-13(12)28-16(15)20-18(22)27-10-14(23)21-7-8-26-19(21)25/h3,11H,1,4-10H2,2H3/t11-/m1/s1. The number of thiophene rings is 1. The Morgan fingerprint density at radius 1 is 1.46 bits per heavy atom. The number of imide groups is 1. The number of carbonyl (C=O) groups excluding carboxylic acids is 2. The van der Waals surface area contributed by atoms with E-state index in [4.69, 9.17) is 9.72 Å². The van der Waals surface area contributed by atoms with Gasteiger partial charge in [-0.15, -0.1) is 17.9 Å². The highest BCUT2D eigenvalue weighted by atomic mass is 32.2. The SMILES string of the molecule is C=CCn1c(SCC(=O)N2CCOC2=O)nc2sc3c(c2c1=O)CC[C@@H](C)C3. The average Bonchev–Trinajstić information content (AvgIpc) is 3.25. The highest BCUT2D eigenvalue weighted by Crippen LogP contribution is 2.36. The quantitative estimate of drug-likeness (QED) is 0.421. The van der Waals surface area contributed by atoms with Crippen LogP contribution in [0, 0.1) is 5.92 Å². The predicted octanol–water partition coefficient (Wildman–Crippen LogP) is 2.84. The van der Waals surface area contributed by atoms with E-state index in [0.29, 0.717) is 23.0 Å². The summed E-state index contributed by atoms with van der Waals surface area (Å²) in [4.78, 5) is 44.9. The summed E-state index contributed by atoms with van der Waals surface area (Å²) in [7, 11) is 0. The molecule has 2 aromatic rings. The van der Waals surface area contributed by atoms with Crippen LogP contribution in [0.4, 0.5) is 4.79 Å². The molecule has 2 amide bonds. The van der Waals surface area contributed by atoms with Gasteiger partial charge in [0.05, 0.1) is 17.7 Å². The zero-order valence-corrected chi connectivity index (χ0v) is 17.2. The first-order valence-electron chi connectivity index (χ1n) is 9.25. The zero-order chi connectivity index (χ0) is 19.8. The molecule has 148 valence electrons. The number of aromatic nitrogens is 2. The van der Waals surface area contributed by atoms with Gasteiger partial charge in [0.15, 0.2) is 5.16 Å². The second-order valence-corrected chi connectivity index (χ2v) is 9.11. The Morgan fingerprint density at radius 2 is 2.29 bits per heavy atom. The van der Waals surface area contributed by atoms with Gasteiger partial charge in [0, 0.05) is 11.4 Å². The Morgan fingerprint density at radius 3 is 3.00 bits per heavy atom. The number of thioether (sulfide) groups is 1. The molecule has 2 aromatic heterocycles. The maximum Gasteiger partial charge on any atom is 0.416 e. The molecule has 0 aromatic carbocycles. The predicted molar refractivity (Wildman–Crippen MR) is 109 cm³/mol. The number of cyclic esters (lactones) is 1. The first-order chi connectivity index (χ1) is 13.5. The van der Waals surface area contributed by atoms with Gasteiger partial charge in [-0.2, -0.15) is 0 Å². The van der Waals surface area contributed by atoms with Crippen molar-refractivity contribution in [2.75, 3.05) is 18.9 Å². The monoisotopic (exact) mass is 419 g/mol. The second kappa shape index (κ2) is 7.71. The molecule has 9 heteroatoms. The van der Waals surface area contributed by atoms with Gasteiger partial charge in [-0.05, 0) is 30.7 Å². The van der Waals surface area contributed by atoms with Crippen LogP contribution in [-0.2, 0) is 28.9 Å². The van der Waals surface area contributed by atoms with E-state index in [-0.39, 0.29) is 30.4 Å². The number of fused-ring (bicyclic) bond motifs is 3. The van der Waals surface area contributed by atoms with E-state index in [1.807, 2.05) is 0 Å². The fraction of sp³-hybridized carbons (Fsp3) is 0.474. The number of amides is 2. The molecule has 1 aliphatic heterocycles. The molecule has 4 rings (SSSR count). The molecule has 0 bridgehead atoms. The molecule has 2 aliphatic rings. The molecule has 0 spiro atoms. The van der Waals surface area contributed by atoms with Crippen molar-refractivity contribution in [2.45, 2.75) is 37.9 Å². The summed E-state index contributed by atoms with van der Waals surface area (Å²) >= 11 is 2.76. The number of hydrogen-bond acceptors (Lipinski definition) is 7. The number of hydrogen-bond donors (Lipinski definition) is 0. The second-order valence-electron chi connectivity index (χ2n) is 7.08. The van der Waals surface area contributed by atoms with E-state index >= 15 is 0 Å². The Bertz CT molecular complexity index is 1030. The summed E-state index contributed by atoms with van der Waals surface area (Å²) in [6, 6.07) is 0. The molecule has 0 unspecified atom stereocenters. The smallest absolute Gasteiger partial charge is 0.416 e. The fourth-order valence-corrected chi connectivity index (χ4v) is 5.94. The first kappa shape index (κ1) is 19.2. The summed E-state index contributed by atoms with van der Waals surface area (Å²) in [6.07, 6.45) is 4.01. The van der Waals surface area contributed by atoms with E-state index in [0.717, 1.165) is 34.6 Å². The molecule has 7 nitrogen and oxygen atoms in total. The normalized spacial score (nSPS) is 19.0. The minimum atomic E-state index is -0.613. The lowest BCUT2D eigenvalue weighted by Crippen LogP contribution is -2.33. The Hall–Kier alpha value is -2.13. The van der Waals surface area contributed by atoms with Gasteiger partial charge in [-0.1, -0.05) is 24.8 Å². The third kappa shape index (κ3) is 3.37. The van der Waals surface area contributed by atoms with Crippen molar-refractivity contribution in [1.29, 1.82) is 0 Å². The van der Waals surface area contributed by atoms with Crippen LogP contribution in [0.2, 0.25) is 0 Å². The molecule has 0 N–H and O–H groups in total. The van der Waals surface area contributed by atoms with Crippen molar-refractivity contribution in [3.63, 3.8) is 0 Å². The molecule has 0 radical (unpaired) electrons. The van der Waals surface area contributed by atoms with Gasteiger partial charge >= 0.3 is 6.09 Å². The summed E-state index contributed by atoms with van der Waals surface area (Å²) < 4.78 is 6.38. The van der Waals surface area contributed by atoms with Gasteiger partial charge in [0.25, 0.3) is 5.56 Å². The highest BCUT2D eigenvalue weighted by molar-refractivity contribution is 7.99. The molecular weight excluding hydrogens is 398 g/mol. The van der Waals surface area contributed by atoms with Gasteiger partial charge < -0.3 is 4.74 Å². The maximum absolute atomic E-state index is 13.2. The Labute approximate surface area is 170 Å². The van der Waals surface area contributed by atoms with Crippen LogP contribution in [0.1, 0.15) is 23.8 Å². The van der Waals surface area contributed by atoms with Crippen molar-refractivity contribution < 1.29 is 14.3 Å². The molecule has 1 aliphatic carbocycles. The minimum absolute atomic E-state index is 0.0202. The van der Waals surface area contributed by atoms with Crippen molar-refractivity contribution >= 4 is 45.3 Å². The third-order valence-corrected chi connectivity index (χ3v) is 7.19. The van der Waals surface area contributed by atoms with Crippen LogP contribution < -0.4 is 5.56 Å². The van der Waals surface area contributed by atoms with Crippen LogP contribution in [0.15, 0.2) is 22.6 Å². The topological polar surface area (TPSA) is 81.5 Å². The van der Waals surface area contributed by atoms with Gasteiger partial charge in [-0.3, -0.25) is 14.2 Å². The van der Waals surface area contributed by atoms with Crippen LogP contribution in [0.3, 0.4) is 0 Å². The zero-order valence-electron chi connectivity index (χ0n) is 15.6. The van der Waals surface area contributed by atoms with Crippen LogP contribution in [0.5, 0.6) is 0 Å². The van der Waals surface area contributed by atoms with Crippen LogP contribution in [-0.4, -0.2) is 45.4 Å². The van der Waals surface area contributed by atoms with E-state index in [1.165, 1.54) is 16.6 Å². The van der Waals surface area contributed by atoms with E-state index in [9.17, 15) is 14.4 Å². The van der Waals surface area contributed by atoms with E-state index < -0.39 is 6.09 Å². The summed E-state index contributed by atoms with van der Waals surface area (Å²) in [5, 5.41) is 1.19. The minimum Gasteiger partial charge on any atom is -0.447 e. The van der Waals surface area contributed by atoms with Crippen molar-refractivity contribution in [1.82, 2.24) is 14.5 Å².